The Kier molecular flexibility index (Phi) is 5.77. The Morgan fingerprint density at radius 3 is 2.60 bits per heavy atom. The molecule has 1 heterocycles. The zero-order valence-corrected chi connectivity index (χ0v) is 14.2. The van der Waals surface area contributed by atoms with E-state index in [0.29, 0.717) is 6.54 Å². The molecule has 1 aromatic heterocycles. The third-order valence-electron chi connectivity index (χ3n) is 4.04. The van der Waals surface area contributed by atoms with Crippen molar-refractivity contribution in [1.29, 1.82) is 0 Å². The van der Waals surface area contributed by atoms with Crippen molar-refractivity contribution >= 4 is 0 Å². The average molecular weight is 334 g/mol. The zero-order chi connectivity index (χ0) is 17.5. The second-order valence-electron chi connectivity index (χ2n) is 5.92. The number of aliphatic hydroxyl groups is 1. The SMILES string of the molecule is Cc1cc(CNC(CO)c2ccccc2)ccc1Oc1cccnc1. The fourth-order valence-electron chi connectivity index (χ4n) is 2.68. The maximum Gasteiger partial charge on any atom is 0.145 e. The van der Waals surface area contributed by atoms with Crippen LogP contribution in [0.2, 0.25) is 0 Å². The second-order valence-corrected chi connectivity index (χ2v) is 5.92. The van der Waals surface area contributed by atoms with Crippen molar-refractivity contribution in [3.8, 4) is 11.5 Å². The molecule has 25 heavy (non-hydrogen) atoms. The molecule has 0 fully saturated rings. The fraction of sp³-hybridized carbons (Fsp3) is 0.190. The van der Waals surface area contributed by atoms with Crippen molar-refractivity contribution in [3.05, 3.63) is 89.7 Å². The van der Waals surface area contributed by atoms with E-state index in [0.717, 1.165) is 28.2 Å². The van der Waals surface area contributed by atoms with Crippen LogP contribution in [0.5, 0.6) is 11.5 Å². The lowest BCUT2D eigenvalue weighted by Gasteiger charge is -2.17. The number of ether oxygens (including phenoxy) is 1. The lowest BCUT2D eigenvalue weighted by atomic mass is 10.1. The van der Waals surface area contributed by atoms with E-state index in [9.17, 15) is 5.11 Å². The Labute approximate surface area is 148 Å². The van der Waals surface area contributed by atoms with Gasteiger partial charge < -0.3 is 15.2 Å². The van der Waals surface area contributed by atoms with Gasteiger partial charge in [-0.05, 0) is 41.8 Å². The molecule has 128 valence electrons. The molecule has 4 nitrogen and oxygen atoms in total. The van der Waals surface area contributed by atoms with E-state index >= 15 is 0 Å². The molecular weight excluding hydrogens is 312 g/mol. The molecule has 0 saturated carbocycles. The molecule has 2 N–H and O–H groups in total. The summed E-state index contributed by atoms with van der Waals surface area (Å²) in [6.07, 6.45) is 3.42. The summed E-state index contributed by atoms with van der Waals surface area (Å²) < 4.78 is 5.86. The number of hydrogen-bond acceptors (Lipinski definition) is 4. The largest absolute Gasteiger partial charge is 0.455 e. The number of aryl methyl sites for hydroxylation is 1. The summed E-state index contributed by atoms with van der Waals surface area (Å²) >= 11 is 0. The predicted molar refractivity (Wildman–Crippen MR) is 98.6 cm³/mol. The van der Waals surface area contributed by atoms with Gasteiger partial charge in [-0.1, -0.05) is 42.5 Å². The number of rotatable bonds is 7. The van der Waals surface area contributed by atoms with Gasteiger partial charge in [-0.2, -0.15) is 0 Å². The van der Waals surface area contributed by atoms with Crippen molar-refractivity contribution in [2.45, 2.75) is 19.5 Å². The highest BCUT2D eigenvalue weighted by Crippen LogP contribution is 2.25. The number of pyridine rings is 1. The van der Waals surface area contributed by atoms with Crippen LogP contribution >= 0.6 is 0 Å². The van der Waals surface area contributed by atoms with Crippen LogP contribution in [0.15, 0.2) is 73.1 Å². The normalized spacial score (nSPS) is 11.9. The van der Waals surface area contributed by atoms with Crippen LogP contribution < -0.4 is 10.1 Å². The van der Waals surface area contributed by atoms with Gasteiger partial charge in [-0.3, -0.25) is 4.98 Å². The van der Waals surface area contributed by atoms with E-state index < -0.39 is 0 Å². The molecule has 0 aliphatic carbocycles. The van der Waals surface area contributed by atoms with Gasteiger partial charge in [0.25, 0.3) is 0 Å². The summed E-state index contributed by atoms with van der Waals surface area (Å²) in [6, 6.07) is 19.7. The summed E-state index contributed by atoms with van der Waals surface area (Å²) in [5, 5.41) is 13.0. The molecule has 0 bridgehead atoms. The van der Waals surface area contributed by atoms with Crippen LogP contribution in [0.3, 0.4) is 0 Å². The van der Waals surface area contributed by atoms with Crippen LogP contribution in [0.25, 0.3) is 0 Å². The first-order valence-corrected chi connectivity index (χ1v) is 8.33. The molecule has 0 saturated heterocycles. The molecule has 0 amide bonds. The molecule has 1 unspecified atom stereocenters. The first kappa shape index (κ1) is 17.1. The lowest BCUT2D eigenvalue weighted by Crippen LogP contribution is -2.23. The van der Waals surface area contributed by atoms with E-state index in [-0.39, 0.29) is 12.6 Å². The van der Waals surface area contributed by atoms with Crippen molar-refractivity contribution in [2.75, 3.05) is 6.61 Å². The van der Waals surface area contributed by atoms with Crippen LogP contribution in [0, 0.1) is 6.92 Å². The van der Waals surface area contributed by atoms with Gasteiger partial charge in [0, 0.05) is 12.7 Å². The Bertz CT molecular complexity index is 792. The minimum atomic E-state index is -0.0761. The quantitative estimate of drug-likeness (QED) is 0.685. The third-order valence-corrected chi connectivity index (χ3v) is 4.04. The maximum atomic E-state index is 9.63. The van der Waals surface area contributed by atoms with E-state index in [1.54, 1.807) is 12.4 Å². The minimum Gasteiger partial charge on any atom is -0.455 e. The number of benzene rings is 2. The maximum absolute atomic E-state index is 9.63. The van der Waals surface area contributed by atoms with Gasteiger partial charge in [0.1, 0.15) is 11.5 Å². The van der Waals surface area contributed by atoms with E-state index in [2.05, 4.69) is 16.4 Å². The third kappa shape index (κ3) is 4.66. The Morgan fingerprint density at radius 2 is 1.92 bits per heavy atom. The van der Waals surface area contributed by atoms with Gasteiger partial charge >= 0.3 is 0 Å². The summed E-state index contributed by atoms with van der Waals surface area (Å²) in [5.41, 5.74) is 3.28. The predicted octanol–water partition coefficient (Wildman–Crippen LogP) is 4.01. The molecule has 0 radical (unpaired) electrons. The van der Waals surface area contributed by atoms with Crippen LogP contribution in [0.4, 0.5) is 0 Å². The average Bonchev–Trinajstić information content (AvgIpc) is 2.66. The van der Waals surface area contributed by atoms with Crippen LogP contribution in [-0.2, 0) is 6.54 Å². The summed E-state index contributed by atoms with van der Waals surface area (Å²) in [7, 11) is 0. The Balaban J connectivity index is 1.64. The van der Waals surface area contributed by atoms with Gasteiger partial charge in [0.2, 0.25) is 0 Å². The highest BCUT2D eigenvalue weighted by atomic mass is 16.5. The Morgan fingerprint density at radius 1 is 1.08 bits per heavy atom. The number of nitrogens with one attached hydrogen (secondary N) is 1. The molecule has 1 atom stereocenters. The molecular formula is C21H22N2O2. The molecule has 3 rings (SSSR count). The fourth-order valence-corrected chi connectivity index (χ4v) is 2.68. The van der Waals surface area contributed by atoms with Crippen molar-refractivity contribution in [3.63, 3.8) is 0 Å². The number of hydrogen-bond donors (Lipinski definition) is 2. The highest BCUT2D eigenvalue weighted by Gasteiger charge is 2.10. The van der Waals surface area contributed by atoms with Crippen LogP contribution in [-0.4, -0.2) is 16.7 Å². The van der Waals surface area contributed by atoms with E-state index in [4.69, 9.17) is 4.74 Å². The molecule has 2 aromatic carbocycles. The summed E-state index contributed by atoms with van der Waals surface area (Å²) in [6.45, 7) is 2.76. The van der Waals surface area contributed by atoms with Crippen molar-refractivity contribution < 1.29 is 9.84 Å². The minimum absolute atomic E-state index is 0.0607. The number of nitrogens with zero attached hydrogens (tertiary/aromatic N) is 1. The van der Waals surface area contributed by atoms with E-state index in [1.807, 2.05) is 61.5 Å². The highest BCUT2D eigenvalue weighted by molar-refractivity contribution is 5.39. The summed E-state index contributed by atoms with van der Waals surface area (Å²) in [4.78, 5) is 4.06. The van der Waals surface area contributed by atoms with Crippen molar-refractivity contribution in [2.24, 2.45) is 0 Å². The summed E-state index contributed by atoms with van der Waals surface area (Å²) in [5.74, 6) is 1.54. The topological polar surface area (TPSA) is 54.4 Å². The second kappa shape index (κ2) is 8.42. The molecule has 0 aliphatic rings. The number of aromatic nitrogens is 1. The molecule has 0 spiro atoms. The first-order chi connectivity index (χ1) is 12.3. The zero-order valence-electron chi connectivity index (χ0n) is 14.2. The lowest BCUT2D eigenvalue weighted by molar-refractivity contribution is 0.243. The van der Waals surface area contributed by atoms with Gasteiger partial charge in [0.15, 0.2) is 0 Å². The standard InChI is InChI=1S/C21H22N2O2/c1-16-12-17(9-10-21(16)25-19-8-5-11-22-14-19)13-23-20(15-24)18-6-3-2-4-7-18/h2-12,14,20,23-24H,13,15H2,1H3. The molecule has 0 aliphatic heterocycles. The number of aliphatic hydroxyl groups excluding tert-OH is 1. The first-order valence-electron chi connectivity index (χ1n) is 8.33. The molecule has 4 heteroatoms. The van der Waals surface area contributed by atoms with Gasteiger partial charge in [-0.25, -0.2) is 0 Å². The van der Waals surface area contributed by atoms with Gasteiger partial charge in [-0.15, -0.1) is 0 Å². The van der Waals surface area contributed by atoms with Crippen LogP contribution in [0.1, 0.15) is 22.7 Å². The van der Waals surface area contributed by atoms with E-state index in [1.165, 1.54) is 0 Å². The molecule has 3 aromatic rings. The Hall–Kier alpha value is -2.69. The van der Waals surface area contributed by atoms with Gasteiger partial charge in [0.05, 0.1) is 18.8 Å². The van der Waals surface area contributed by atoms with Crippen molar-refractivity contribution in [1.82, 2.24) is 10.3 Å². The smallest absolute Gasteiger partial charge is 0.145 e. The monoisotopic (exact) mass is 334 g/mol.